The number of H-pyrrole nitrogens is 1. The van der Waals surface area contributed by atoms with Crippen molar-refractivity contribution in [3.05, 3.63) is 11.6 Å². The van der Waals surface area contributed by atoms with E-state index in [1.807, 2.05) is 0 Å². The first kappa shape index (κ1) is 10.2. The quantitative estimate of drug-likeness (QED) is 0.715. The summed E-state index contributed by atoms with van der Waals surface area (Å²) >= 11 is 0. The molecule has 0 aliphatic carbocycles. The lowest BCUT2D eigenvalue weighted by molar-refractivity contribution is 0.626. The molecule has 1 unspecified atom stereocenters. The normalized spacial score (nSPS) is 13.2. The van der Waals surface area contributed by atoms with Gasteiger partial charge in [0.15, 0.2) is 5.82 Å². The van der Waals surface area contributed by atoms with Crippen LogP contribution in [-0.4, -0.2) is 21.2 Å². The number of aromatic nitrogens is 3. The van der Waals surface area contributed by atoms with E-state index in [-0.39, 0.29) is 6.04 Å². The molecule has 0 aliphatic rings. The van der Waals surface area contributed by atoms with Gasteiger partial charge in [0.2, 0.25) is 0 Å². The Morgan fingerprint density at radius 1 is 1.46 bits per heavy atom. The Balaban J connectivity index is 2.48. The van der Waals surface area contributed by atoms with Crippen molar-refractivity contribution in [3.8, 4) is 0 Å². The van der Waals surface area contributed by atoms with Crippen LogP contribution in [0.1, 0.15) is 38.3 Å². The predicted octanol–water partition coefficient (Wildman–Crippen LogP) is 1.04. The van der Waals surface area contributed by atoms with E-state index >= 15 is 0 Å². The highest BCUT2D eigenvalue weighted by Crippen LogP contribution is 2.00. The van der Waals surface area contributed by atoms with E-state index in [0.717, 1.165) is 37.3 Å². The summed E-state index contributed by atoms with van der Waals surface area (Å²) in [5.41, 5.74) is 5.80. The fourth-order valence-electron chi connectivity index (χ4n) is 1.15. The smallest absolute Gasteiger partial charge is 0.150 e. The molecule has 0 fully saturated rings. The third-order valence-corrected chi connectivity index (χ3v) is 2.03. The molecule has 4 nitrogen and oxygen atoms in total. The lowest BCUT2D eigenvalue weighted by Gasteiger charge is -2.03. The summed E-state index contributed by atoms with van der Waals surface area (Å²) in [5.74, 6) is 1.82. The van der Waals surface area contributed by atoms with Crippen LogP contribution in [-0.2, 0) is 12.8 Å². The van der Waals surface area contributed by atoms with E-state index in [9.17, 15) is 0 Å². The maximum atomic E-state index is 5.80. The SMILES string of the molecule is CCCc1n[nH]c(CC(N)CC)n1. The molecule has 13 heavy (non-hydrogen) atoms. The van der Waals surface area contributed by atoms with Crippen LogP contribution in [0.3, 0.4) is 0 Å². The highest BCUT2D eigenvalue weighted by atomic mass is 15.2. The molecule has 1 rings (SSSR count). The van der Waals surface area contributed by atoms with Crippen LogP contribution in [0.25, 0.3) is 0 Å². The van der Waals surface area contributed by atoms with Gasteiger partial charge >= 0.3 is 0 Å². The van der Waals surface area contributed by atoms with Gasteiger partial charge in [0, 0.05) is 18.9 Å². The summed E-state index contributed by atoms with van der Waals surface area (Å²) in [6.45, 7) is 4.20. The zero-order valence-corrected chi connectivity index (χ0v) is 8.38. The zero-order valence-electron chi connectivity index (χ0n) is 8.38. The molecule has 0 aliphatic heterocycles. The monoisotopic (exact) mass is 182 g/mol. The predicted molar refractivity (Wildman–Crippen MR) is 52.3 cm³/mol. The van der Waals surface area contributed by atoms with Gasteiger partial charge in [-0.15, -0.1) is 0 Å². The van der Waals surface area contributed by atoms with E-state index < -0.39 is 0 Å². The molecule has 0 bridgehead atoms. The van der Waals surface area contributed by atoms with Crippen LogP contribution in [0.4, 0.5) is 0 Å². The van der Waals surface area contributed by atoms with Crippen molar-refractivity contribution in [2.24, 2.45) is 5.73 Å². The Kier molecular flexibility index (Phi) is 3.89. The number of aromatic amines is 1. The zero-order chi connectivity index (χ0) is 9.68. The van der Waals surface area contributed by atoms with Crippen LogP contribution in [0.5, 0.6) is 0 Å². The fourth-order valence-corrected chi connectivity index (χ4v) is 1.15. The minimum absolute atomic E-state index is 0.197. The van der Waals surface area contributed by atoms with Crippen molar-refractivity contribution in [3.63, 3.8) is 0 Å². The van der Waals surface area contributed by atoms with Gasteiger partial charge in [0.25, 0.3) is 0 Å². The van der Waals surface area contributed by atoms with Gasteiger partial charge < -0.3 is 5.73 Å². The number of hydrogen-bond acceptors (Lipinski definition) is 3. The van der Waals surface area contributed by atoms with E-state index in [1.165, 1.54) is 0 Å². The van der Waals surface area contributed by atoms with Crippen LogP contribution in [0, 0.1) is 0 Å². The van der Waals surface area contributed by atoms with Gasteiger partial charge in [0.1, 0.15) is 5.82 Å². The van der Waals surface area contributed by atoms with E-state index in [1.54, 1.807) is 0 Å². The van der Waals surface area contributed by atoms with Gasteiger partial charge in [-0.1, -0.05) is 13.8 Å². The maximum absolute atomic E-state index is 5.80. The molecule has 74 valence electrons. The molecule has 0 aromatic carbocycles. The second kappa shape index (κ2) is 4.97. The van der Waals surface area contributed by atoms with Crippen molar-refractivity contribution < 1.29 is 0 Å². The summed E-state index contributed by atoms with van der Waals surface area (Å²) < 4.78 is 0. The van der Waals surface area contributed by atoms with Crippen LogP contribution < -0.4 is 5.73 Å². The molecule has 0 saturated heterocycles. The van der Waals surface area contributed by atoms with Crippen molar-refractivity contribution in [2.75, 3.05) is 0 Å². The number of nitrogens with zero attached hydrogens (tertiary/aromatic N) is 2. The van der Waals surface area contributed by atoms with Crippen LogP contribution >= 0.6 is 0 Å². The maximum Gasteiger partial charge on any atom is 0.150 e. The van der Waals surface area contributed by atoms with Crippen molar-refractivity contribution in [2.45, 2.75) is 45.6 Å². The van der Waals surface area contributed by atoms with Gasteiger partial charge in [-0.25, -0.2) is 4.98 Å². The summed E-state index contributed by atoms with van der Waals surface area (Å²) in [4.78, 5) is 4.34. The third kappa shape index (κ3) is 3.14. The summed E-state index contributed by atoms with van der Waals surface area (Å²) in [7, 11) is 0. The molecule has 0 saturated carbocycles. The van der Waals surface area contributed by atoms with E-state index in [2.05, 4.69) is 29.0 Å². The first-order valence-electron chi connectivity index (χ1n) is 4.92. The lowest BCUT2D eigenvalue weighted by Crippen LogP contribution is -2.22. The largest absolute Gasteiger partial charge is 0.327 e. The van der Waals surface area contributed by atoms with Crippen LogP contribution in [0.15, 0.2) is 0 Å². The Morgan fingerprint density at radius 2 is 2.23 bits per heavy atom. The molecule has 3 N–H and O–H groups in total. The molecule has 0 amide bonds. The Bertz CT molecular complexity index is 244. The molecule has 1 aromatic heterocycles. The van der Waals surface area contributed by atoms with Gasteiger partial charge in [-0.3, -0.25) is 5.10 Å². The van der Waals surface area contributed by atoms with Crippen molar-refractivity contribution in [1.82, 2.24) is 15.2 Å². The molecule has 1 atom stereocenters. The molecule has 4 heteroatoms. The number of nitrogens with one attached hydrogen (secondary N) is 1. The number of rotatable bonds is 5. The molecule has 0 spiro atoms. The van der Waals surface area contributed by atoms with Gasteiger partial charge in [-0.05, 0) is 12.8 Å². The summed E-state index contributed by atoms with van der Waals surface area (Å²) in [5, 5.41) is 7.02. The lowest BCUT2D eigenvalue weighted by atomic mass is 10.2. The topological polar surface area (TPSA) is 67.6 Å². The Morgan fingerprint density at radius 3 is 2.85 bits per heavy atom. The average Bonchev–Trinajstić information content (AvgIpc) is 2.53. The Hall–Kier alpha value is -0.900. The molecular formula is C9H18N4. The summed E-state index contributed by atoms with van der Waals surface area (Å²) in [6, 6.07) is 0.197. The molecule has 1 aromatic rings. The van der Waals surface area contributed by atoms with Crippen molar-refractivity contribution >= 4 is 0 Å². The second-order valence-corrected chi connectivity index (χ2v) is 3.32. The second-order valence-electron chi connectivity index (χ2n) is 3.32. The highest BCUT2D eigenvalue weighted by Gasteiger charge is 2.05. The van der Waals surface area contributed by atoms with Crippen molar-refractivity contribution in [1.29, 1.82) is 0 Å². The van der Waals surface area contributed by atoms with Crippen LogP contribution in [0.2, 0.25) is 0 Å². The third-order valence-electron chi connectivity index (χ3n) is 2.03. The fraction of sp³-hybridized carbons (Fsp3) is 0.778. The highest BCUT2D eigenvalue weighted by molar-refractivity contribution is 4.92. The number of aryl methyl sites for hydroxylation is 1. The van der Waals surface area contributed by atoms with E-state index in [0.29, 0.717) is 0 Å². The number of hydrogen-bond donors (Lipinski definition) is 2. The molecular weight excluding hydrogens is 164 g/mol. The van der Waals surface area contributed by atoms with Gasteiger partial charge in [0.05, 0.1) is 0 Å². The number of nitrogens with two attached hydrogens (primary N) is 1. The minimum Gasteiger partial charge on any atom is -0.327 e. The minimum atomic E-state index is 0.197. The molecule has 1 heterocycles. The summed E-state index contributed by atoms with van der Waals surface area (Å²) in [6.07, 6.45) is 3.80. The Labute approximate surface area is 78.9 Å². The molecule has 0 radical (unpaired) electrons. The van der Waals surface area contributed by atoms with E-state index in [4.69, 9.17) is 5.73 Å². The van der Waals surface area contributed by atoms with Gasteiger partial charge in [-0.2, -0.15) is 5.10 Å². The first-order chi connectivity index (χ1) is 6.26. The average molecular weight is 182 g/mol. The first-order valence-corrected chi connectivity index (χ1v) is 4.92. The standard InChI is InChI=1S/C9H18N4/c1-3-5-8-11-9(13-12-8)6-7(10)4-2/h7H,3-6,10H2,1-2H3,(H,11,12,13).